The largest absolute Gasteiger partial charge is 0.289 e. The first-order valence-corrected chi connectivity index (χ1v) is 4.77. The van der Waals surface area contributed by atoms with Gasteiger partial charge in [0.15, 0.2) is 0 Å². The van der Waals surface area contributed by atoms with Gasteiger partial charge in [0.1, 0.15) is 5.69 Å². The summed E-state index contributed by atoms with van der Waals surface area (Å²) in [4.78, 5) is 23.0. The van der Waals surface area contributed by atoms with Crippen LogP contribution in [0.2, 0.25) is 0 Å². The highest BCUT2D eigenvalue weighted by Crippen LogP contribution is 2.03. The summed E-state index contributed by atoms with van der Waals surface area (Å²) in [5.41, 5.74) is 1.98. The van der Waals surface area contributed by atoms with Gasteiger partial charge in [-0.2, -0.15) is 0 Å². The molecule has 0 radical (unpaired) electrons. The molecule has 0 bridgehead atoms. The number of carbonyl (C=O) groups excluding carboxylic acids is 1. The van der Waals surface area contributed by atoms with Gasteiger partial charge in [-0.1, -0.05) is 0 Å². The lowest BCUT2D eigenvalue weighted by Gasteiger charge is -1.98. The first-order chi connectivity index (χ1) is 6.86. The molecule has 0 aliphatic rings. The topological polar surface area (TPSA) is 67.8 Å². The number of thiazole rings is 1. The van der Waals surface area contributed by atoms with Crippen molar-refractivity contribution in [1.82, 2.24) is 15.0 Å². The molecular weight excluding hydrogens is 200 g/mol. The summed E-state index contributed by atoms with van der Waals surface area (Å²) in [5.74, 6) is -0.0112. The predicted molar refractivity (Wildman–Crippen MR) is 52.1 cm³/mol. The Morgan fingerprint density at radius 2 is 2.07 bits per heavy atom. The molecule has 0 atom stereocenters. The van der Waals surface area contributed by atoms with Gasteiger partial charge >= 0.3 is 0 Å². The van der Waals surface area contributed by atoms with Gasteiger partial charge in [0.25, 0.3) is 5.91 Å². The Morgan fingerprint density at radius 1 is 1.29 bits per heavy atom. The average molecular weight is 206 g/mol. The zero-order valence-electron chi connectivity index (χ0n) is 7.04. The first-order valence-electron chi connectivity index (χ1n) is 3.83. The normalized spacial score (nSPS) is 9.71. The molecule has 1 N–H and O–H groups in total. The van der Waals surface area contributed by atoms with Crippen molar-refractivity contribution in [2.24, 2.45) is 0 Å². The minimum absolute atomic E-state index is 0.283. The zero-order valence-corrected chi connectivity index (χ0v) is 7.86. The molecule has 5 nitrogen and oxygen atoms in total. The molecule has 0 saturated carbocycles. The highest BCUT2D eigenvalue weighted by Gasteiger charge is 2.08. The van der Waals surface area contributed by atoms with Gasteiger partial charge in [-0.05, 0) is 6.07 Å². The molecule has 70 valence electrons. The van der Waals surface area contributed by atoms with Gasteiger partial charge < -0.3 is 0 Å². The van der Waals surface area contributed by atoms with Gasteiger partial charge in [0.2, 0.25) is 5.95 Å². The van der Waals surface area contributed by atoms with Crippen molar-refractivity contribution in [2.45, 2.75) is 0 Å². The number of anilines is 1. The Kier molecular flexibility index (Phi) is 2.46. The van der Waals surface area contributed by atoms with Crippen molar-refractivity contribution >= 4 is 23.2 Å². The summed E-state index contributed by atoms with van der Waals surface area (Å²) >= 11 is 1.37. The molecule has 14 heavy (non-hydrogen) atoms. The van der Waals surface area contributed by atoms with E-state index < -0.39 is 0 Å². The van der Waals surface area contributed by atoms with Crippen LogP contribution in [0.3, 0.4) is 0 Å². The molecule has 2 rings (SSSR count). The van der Waals surface area contributed by atoms with Crippen LogP contribution in [0.4, 0.5) is 5.95 Å². The van der Waals surface area contributed by atoms with E-state index in [2.05, 4.69) is 20.3 Å². The SMILES string of the molecule is O=C(Nc1ncccn1)c1cscn1. The van der Waals surface area contributed by atoms with Crippen LogP contribution in [-0.2, 0) is 0 Å². The summed E-state index contributed by atoms with van der Waals surface area (Å²) in [7, 11) is 0. The smallest absolute Gasteiger partial charge is 0.277 e. The first kappa shape index (κ1) is 8.76. The molecule has 2 aromatic heterocycles. The molecule has 2 heterocycles. The molecular formula is C8H6N4OS. The van der Waals surface area contributed by atoms with Crippen molar-refractivity contribution in [3.8, 4) is 0 Å². The van der Waals surface area contributed by atoms with Crippen molar-refractivity contribution in [1.29, 1.82) is 0 Å². The monoisotopic (exact) mass is 206 g/mol. The van der Waals surface area contributed by atoms with Crippen LogP contribution in [-0.4, -0.2) is 20.9 Å². The van der Waals surface area contributed by atoms with Gasteiger partial charge in [0, 0.05) is 17.8 Å². The fraction of sp³-hybridized carbons (Fsp3) is 0. The lowest BCUT2D eigenvalue weighted by atomic mass is 10.4. The Labute approximate surface area is 83.9 Å². The Bertz CT molecular complexity index is 414. The lowest BCUT2D eigenvalue weighted by molar-refractivity contribution is 0.102. The van der Waals surface area contributed by atoms with Crippen molar-refractivity contribution in [3.63, 3.8) is 0 Å². The van der Waals surface area contributed by atoms with Crippen LogP contribution in [0, 0.1) is 0 Å². The number of aromatic nitrogens is 3. The molecule has 2 aromatic rings. The molecule has 0 saturated heterocycles. The van der Waals surface area contributed by atoms with Crippen molar-refractivity contribution in [3.05, 3.63) is 35.0 Å². The van der Waals surface area contributed by atoms with E-state index in [-0.39, 0.29) is 11.9 Å². The van der Waals surface area contributed by atoms with Gasteiger partial charge in [-0.3, -0.25) is 10.1 Å². The second-order valence-electron chi connectivity index (χ2n) is 2.40. The Hall–Kier alpha value is -1.82. The number of carbonyl (C=O) groups is 1. The van der Waals surface area contributed by atoms with Crippen LogP contribution in [0.1, 0.15) is 10.5 Å². The zero-order chi connectivity index (χ0) is 9.80. The Morgan fingerprint density at radius 3 is 2.71 bits per heavy atom. The number of nitrogens with one attached hydrogen (secondary N) is 1. The van der Waals surface area contributed by atoms with E-state index in [1.54, 1.807) is 29.4 Å². The van der Waals surface area contributed by atoms with Crippen LogP contribution in [0.15, 0.2) is 29.4 Å². The summed E-state index contributed by atoms with van der Waals surface area (Å²) in [6, 6.07) is 1.68. The third-order valence-electron chi connectivity index (χ3n) is 1.46. The number of hydrogen-bond acceptors (Lipinski definition) is 5. The quantitative estimate of drug-likeness (QED) is 0.801. The summed E-state index contributed by atoms with van der Waals surface area (Å²) in [6.45, 7) is 0. The van der Waals surface area contributed by atoms with Crippen LogP contribution in [0.5, 0.6) is 0 Å². The molecule has 0 aromatic carbocycles. The summed E-state index contributed by atoms with van der Waals surface area (Å²) in [6.07, 6.45) is 3.12. The molecule has 0 unspecified atom stereocenters. The van der Waals surface area contributed by atoms with E-state index in [4.69, 9.17) is 0 Å². The van der Waals surface area contributed by atoms with E-state index in [0.29, 0.717) is 5.69 Å². The lowest BCUT2D eigenvalue weighted by Crippen LogP contribution is -2.14. The number of nitrogens with zero attached hydrogens (tertiary/aromatic N) is 3. The van der Waals surface area contributed by atoms with E-state index in [1.807, 2.05) is 0 Å². The third-order valence-corrected chi connectivity index (χ3v) is 2.04. The number of rotatable bonds is 2. The minimum Gasteiger partial charge on any atom is -0.289 e. The van der Waals surface area contributed by atoms with E-state index >= 15 is 0 Å². The number of amides is 1. The van der Waals surface area contributed by atoms with E-state index in [0.717, 1.165) is 0 Å². The van der Waals surface area contributed by atoms with E-state index in [1.165, 1.54) is 11.3 Å². The molecule has 6 heteroatoms. The second kappa shape index (κ2) is 3.93. The highest BCUT2D eigenvalue weighted by molar-refractivity contribution is 7.07. The van der Waals surface area contributed by atoms with Gasteiger partial charge in [0.05, 0.1) is 5.51 Å². The fourth-order valence-electron chi connectivity index (χ4n) is 0.854. The van der Waals surface area contributed by atoms with Gasteiger partial charge in [-0.15, -0.1) is 11.3 Å². The summed E-state index contributed by atoms with van der Waals surface area (Å²) < 4.78 is 0. The van der Waals surface area contributed by atoms with Crippen LogP contribution >= 0.6 is 11.3 Å². The molecule has 1 amide bonds. The minimum atomic E-state index is -0.294. The maximum absolute atomic E-state index is 11.4. The Balaban J connectivity index is 2.10. The van der Waals surface area contributed by atoms with Crippen LogP contribution in [0.25, 0.3) is 0 Å². The predicted octanol–water partition coefficient (Wildman–Crippen LogP) is 1.19. The van der Waals surface area contributed by atoms with Gasteiger partial charge in [-0.25, -0.2) is 15.0 Å². The average Bonchev–Trinajstić information content (AvgIpc) is 2.72. The standard InChI is InChI=1S/C8H6N4OS/c13-7(6-4-14-5-11-6)12-8-9-2-1-3-10-8/h1-5H,(H,9,10,12,13). The van der Waals surface area contributed by atoms with Crippen molar-refractivity contribution < 1.29 is 4.79 Å². The maximum atomic E-state index is 11.4. The maximum Gasteiger partial charge on any atom is 0.277 e. The fourth-order valence-corrected chi connectivity index (χ4v) is 1.39. The molecule has 0 fully saturated rings. The molecule has 0 spiro atoms. The van der Waals surface area contributed by atoms with E-state index in [9.17, 15) is 4.79 Å². The highest BCUT2D eigenvalue weighted by atomic mass is 32.1. The molecule has 0 aliphatic heterocycles. The van der Waals surface area contributed by atoms with Crippen molar-refractivity contribution in [2.75, 3.05) is 5.32 Å². The third kappa shape index (κ3) is 1.91. The number of hydrogen-bond donors (Lipinski definition) is 1. The summed E-state index contributed by atoms with van der Waals surface area (Å²) in [5, 5.41) is 4.19. The van der Waals surface area contributed by atoms with Crippen LogP contribution < -0.4 is 5.32 Å². The second-order valence-corrected chi connectivity index (χ2v) is 3.12. The molecule has 0 aliphatic carbocycles.